The van der Waals surface area contributed by atoms with E-state index in [9.17, 15) is 4.79 Å². The lowest BCUT2D eigenvalue weighted by Gasteiger charge is -2.13. The minimum atomic E-state index is -0.657. The molecule has 2 N–H and O–H groups in total. The highest BCUT2D eigenvalue weighted by Crippen LogP contribution is 2.22. The van der Waals surface area contributed by atoms with E-state index in [-0.39, 0.29) is 18.1 Å². The molecule has 1 amide bonds. The molecule has 3 rings (SSSR count). The van der Waals surface area contributed by atoms with E-state index < -0.39 is 6.09 Å². The van der Waals surface area contributed by atoms with Crippen molar-refractivity contribution >= 4 is 40.7 Å². The van der Waals surface area contributed by atoms with Gasteiger partial charge in [-0.25, -0.2) is 14.3 Å². The van der Waals surface area contributed by atoms with Gasteiger partial charge in [0.15, 0.2) is 0 Å². The van der Waals surface area contributed by atoms with Crippen LogP contribution in [0, 0.1) is 5.41 Å². The molecule has 1 heterocycles. The molecule has 8 heteroatoms. The average molecular weight is 373 g/mol. The summed E-state index contributed by atoms with van der Waals surface area (Å²) in [5.74, 6) is 0.573. The lowest BCUT2D eigenvalue weighted by atomic mass is 10.3. The molecule has 0 bridgehead atoms. The molecule has 0 saturated carbocycles. The largest absolute Gasteiger partial charge is 0.447 e. The first kappa shape index (κ1) is 17.8. The summed E-state index contributed by atoms with van der Waals surface area (Å²) in [4.78, 5) is 16.3. The first-order chi connectivity index (χ1) is 12.4. The molecule has 0 saturated heterocycles. The van der Waals surface area contributed by atoms with Gasteiger partial charge in [0.2, 0.25) is 5.95 Å². The van der Waals surface area contributed by atoms with Crippen LogP contribution in [0.3, 0.4) is 0 Å². The second kappa shape index (κ2) is 7.45. The van der Waals surface area contributed by atoms with Gasteiger partial charge < -0.3 is 9.47 Å². The monoisotopic (exact) mass is 372 g/mol. The van der Waals surface area contributed by atoms with Crippen LogP contribution in [-0.2, 0) is 4.74 Å². The number of carbonyl (C=O) groups excluding carboxylic acids is 1. The number of imidazole rings is 1. The van der Waals surface area contributed by atoms with Crippen molar-refractivity contribution in [1.29, 1.82) is 5.41 Å². The molecule has 0 aliphatic carbocycles. The summed E-state index contributed by atoms with van der Waals surface area (Å²) in [6.07, 6.45) is -0.937. The number of hydrogen-bond donors (Lipinski definition) is 2. The normalized spacial score (nSPS) is 10.8. The zero-order valence-corrected chi connectivity index (χ0v) is 14.9. The molecule has 0 radical (unpaired) electrons. The number of para-hydroxylation sites is 2. The van der Waals surface area contributed by atoms with Crippen LogP contribution >= 0.6 is 11.6 Å². The maximum absolute atomic E-state index is 12.0. The summed E-state index contributed by atoms with van der Waals surface area (Å²) in [5, 5.41) is 11.4. The molecule has 134 valence electrons. The van der Waals surface area contributed by atoms with E-state index in [1.165, 1.54) is 4.57 Å². The van der Waals surface area contributed by atoms with Gasteiger partial charge in [0.25, 0.3) is 0 Å². The number of aromatic nitrogens is 2. The van der Waals surface area contributed by atoms with Crippen LogP contribution in [0.25, 0.3) is 11.0 Å². The number of benzene rings is 2. The van der Waals surface area contributed by atoms with Gasteiger partial charge in [0.05, 0.1) is 17.1 Å². The van der Waals surface area contributed by atoms with Gasteiger partial charge in [-0.1, -0.05) is 23.7 Å². The number of ether oxygens (including phenoxy) is 2. The van der Waals surface area contributed by atoms with Crippen molar-refractivity contribution in [2.75, 3.05) is 5.32 Å². The van der Waals surface area contributed by atoms with Gasteiger partial charge in [0.1, 0.15) is 5.75 Å². The molecule has 0 aliphatic rings. The summed E-state index contributed by atoms with van der Waals surface area (Å²) in [7, 11) is 0. The fourth-order valence-corrected chi connectivity index (χ4v) is 2.44. The standard InChI is InChI=1S/C18H17ClN4O3/c1-11(2)25-18(24)22-17-21-14-5-3-4-6-15(14)23(17)16(20)26-13-9-7-12(19)8-10-13/h3-11,20H,1-2H3,(H,21,22,24). The predicted molar refractivity (Wildman–Crippen MR) is 100 cm³/mol. The number of nitrogens with zero attached hydrogens (tertiary/aromatic N) is 2. The summed E-state index contributed by atoms with van der Waals surface area (Å²) in [5.41, 5.74) is 1.23. The highest BCUT2D eigenvalue weighted by molar-refractivity contribution is 6.30. The maximum atomic E-state index is 12.0. The van der Waals surface area contributed by atoms with Crippen molar-refractivity contribution in [1.82, 2.24) is 9.55 Å². The van der Waals surface area contributed by atoms with Crippen molar-refractivity contribution in [2.24, 2.45) is 0 Å². The average Bonchev–Trinajstić information content (AvgIpc) is 2.93. The van der Waals surface area contributed by atoms with Crippen LogP contribution in [0.5, 0.6) is 5.75 Å². The van der Waals surface area contributed by atoms with E-state index in [0.717, 1.165) is 0 Å². The number of anilines is 1. The minimum Gasteiger partial charge on any atom is -0.447 e. The van der Waals surface area contributed by atoms with Crippen molar-refractivity contribution in [3.63, 3.8) is 0 Å². The van der Waals surface area contributed by atoms with Crippen molar-refractivity contribution in [3.8, 4) is 5.75 Å². The lowest BCUT2D eigenvalue weighted by molar-refractivity contribution is 0.129. The number of hydrogen-bond acceptors (Lipinski definition) is 5. The number of nitrogens with one attached hydrogen (secondary N) is 2. The fourth-order valence-electron chi connectivity index (χ4n) is 2.31. The summed E-state index contributed by atoms with van der Waals surface area (Å²) < 4.78 is 12.1. The number of carbonyl (C=O) groups is 1. The van der Waals surface area contributed by atoms with Crippen LogP contribution in [0.2, 0.25) is 5.02 Å². The van der Waals surface area contributed by atoms with E-state index in [2.05, 4.69) is 10.3 Å². The Balaban J connectivity index is 1.94. The number of rotatable bonds is 3. The Morgan fingerprint density at radius 3 is 2.58 bits per heavy atom. The summed E-state index contributed by atoms with van der Waals surface area (Å²) in [6.45, 7) is 3.49. The van der Waals surface area contributed by atoms with Crippen molar-refractivity contribution in [3.05, 3.63) is 53.6 Å². The van der Waals surface area contributed by atoms with E-state index >= 15 is 0 Å². The Morgan fingerprint density at radius 1 is 1.19 bits per heavy atom. The molecular formula is C18H17ClN4O3. The number of amides is 1. The molecule has 26 heavy (non-hydrogen) atoms. The zero-order chi connectivity index (χ0) is 18.7. The summed E-state index contributed by atoms with van der Waals surface area (Å²) >= 11 is 5.86. The number of halogens is 1. The first-order valence-corrected chi connectivity index (χ1v) is 8.29. The topological polar surface area (TPSA) is 89.2 Å². The highest BCUT2D eigenvalue weighted by Gasteiger charge is 2.19. The van der Waals surface area contributed by atoms with Gasteiger partial charge in [-0.3, -0.25) is 10.7 Å². The van der Waals surface area contributed by atoms with Crippen LogP contribution < -0.4 is 10.1 Å². The second-order valence-corrected chi connectivity index (χ2v) is 6.14. The Morgan fingerprint density at radius 2 is 1.88 bits per heavy atom. The molecule has 0 spiro atoms. The first-order valence-electron chi connectivity index (χ1n) is 7.91. The number of fused-ring (bicyclic) bond motifs is 1. The third-order valence-corrected chi connectivity index (χ3v) is 3.60. The van der Waals surface area contributed by atoms with E-state index in [1.807, 2.05) is 12.1 Å². The fraction of sp³-hybridized carbons (Fsp3) is 0.167. The molecule has 0 unspecified atom stereocenters. The van der Waals surface area contributed by atoms with Crippen LogP contribution in [0.15, 0.2) is 48.5 Å². The third kappa shape index (κ3) is 3.94. The van der Waals surface area contributed by atoms with Gasteiger partial charge in [0, 0.05) is 5.02 Å². The Kier molecular flexibility index (Phi) is 5.09. The third-order valence-electron chi connectivity index (χ3n) is 3.35. The second-order valence-electron chi connectivity index (χ2n) is 5.70. The van der Waals surface area contributed by atoms with Gasteiger partial charge >= 0.3 is 12.1 Å². The van der Waals surface area contributed by atoms with E-state index in [0.29, 0.717) is 21.8 Å². The Bertz CT molecular complexity index is 951. The van der Waals surface area contributed by atoms with E-state index in [1.54, 1.807) is 50.2 Å². The minimum absolute atomic E-state index is 0.135. The molecule has 0 fully saturated rings. The van der Waals surface area contributed by atoms with Crippen LogP contribution in [0.1, 0.15) is 13.8 Å². The quantitative estimate of drug-likeness (QED) is 0.523. The van der Waals surface area contributed by atoms with Crippen molar-refractivity contribution in [2.45, 2.75) is 20.0 Å². The lowest BCUT2D eigenvalue weighted by Crippen LogP contribution is -2.24. The predicted octanol–water partition coefficient (Wildman–Crippen LogP) is 4.51. The van der Waals surface area contributed by atoms with Crippen LogP contribution in [-0.4, -0.2) is 27.8 Å². The molecule has 3 aromatic rings. The zero-order valence-electron chi connectivity index (χ0n) is 14.2. The highest BCUT2D eigenvalue weighted by atomic mass is 35.5. The van der Waals surface area contributed by atoms with Crippen molar-refractivity contribution < 1.29 is 14.3 Å². The van der Waals surface area contributed by atoms with Crippen LogP contribution in [0.4, 0.5) is 10.7 Å². The molecule has 0 atom stereocenters. The maximum Gasteiger partial charge on any atom is 0.414 e. The SMILES string of the molecule is CC(C)OC(=O)Nc1nc2ccccc2n1C(=N)Oc1ccc(Cl)cc1. The van der Waals surface area contributed by atoms with E-state index in [4.69, 9.17) is 26.5 Å². The summed E-state index contributed by atoms with van der Waals surface area (Å²) in [6, 6.07) is 13.6. The van der Waals surface area contributed by atoms with Gasteiger partial charge in [-0.2, -0.15) is 0 Å². The smallest absolute Gasteiger partial charge is 0.414 e. The molecule has 1 aromatic heterocycles. The Labute approximate surface area is 155 Å². The molecule has 7 nitrogen and oxygen atoms in total. The van der Waals surface area contributed by atoms with Gasteiger partial charge in [-0.05, 0) is 50.2 Å². The molecule has 2 aromatic carbocycles. The molecular weight excluding hydrogens is 356 g/mol. The Hall–Kier alpha value is -3.06. The van der Waals surface area contributed by atoms with Gasteiger partial charge in [-0.15, -0.1) is 0 Å². The molecule has 0 aliphatic heterocycles.